The minimum atomic E-state index is 0.910. The maximum Gasteiger partial charge on any atom is 0.141 e. The Hall–Kier alpha value is -6.39. The number of nitrogens with zero attached hydrogens (tertiary/aromatic N) is 2. The Bertz CT molecular complexity index is 3530. The van der Waals surface area contributed by atoms with Crippen molar-refractivity contribution in [3.05, 3.63) is 140 Å². The summed E-state index contributed by atoms with van der Waals surface area (Å²) in [7, 11) is 16.2. The Labute approximate surface area is 343 Å². The van der Waals surface area contributed by atoms with Crippen LogP contribution < -0.4 is 38.2 Å². The summed E-state index contributed by atoms with van der Waals surface area (Å²) in [6.07, 6.45) is 0. The van der Waals surface area contributed by atoms with Crippen LogP contribution in [0.4, 0.5) is 0 Å². The van der Waals surface area contributed by atoms with E-state index in [9.17, 15) is 0 Å². The molecule has 10 heteroatoms. The van der Waals surface area contributed by atoms with Gasteiger partial charge in [0, 0.05) is 55.4 Å². The standard InChI is InChI=1S/C48H37B7N2O/c49-40-36(25-18-21-32-31(22-25)37-28(24-10-3-1-4-11-24)15-9-16-33(37)56(32)26-12-5-2-6-13-26)41(50)45(54)47-38(40)39-42(51)43(52)44(53)46(55)48(39)57(47)27-19-20-30-29-14-7-8-17-34(29)58-35(30)23-27/h1-23H,49-55H2. The minimum absolute atomic E-state index is 0.910. The number of para-hydroxylation sites is 2. The van der Waals surface area contributed by atoms with Gasteiger partial charge < -0.3 is 13.6 Å². The van der Waals surface area contributed by atoms with Crippen LogP contribution in [-0.4, -0.2) is 64.1 Å². The Morgan fingerprint density at radius 3 is 1.79 bits per heavy atom. The highest BCUT2D eigenvalue weighted by Gasteiger charge is 2.26. The molecular weight excluding hydrogens is 696 g/mol. The fourth-order valence-corrected chi connectivity index (χ4v) is 10.2. The SMILES string of the molecule is Bc1c(B)c(B)c2c(c1B)c1c(B)c(-c3ccc4c(c3)c3c(-c5ccccc5)cccc3n4-c3ccccc3)c(B)c(B)c1n2-c1ccc2c(c1)oc1ccccc12. The Kier molecular flexibility index (Phi) is 7.69. The molecule has 0 aliphatic carbocycles. The highest BCUT2D eigenvalue weighted by atomic mass is 16.3. The van der Waals surface area contributed by atoms with Gasteiger partial charge in [-0.2, -0.15) is 0 Å². The third-order valence-corrected chi connectivity index (χ3v) is 13.4. The number of hydrogen-bond donors (Lipinski definition) is 0. The topological polar surface area (TPSA) is 23.0 Å². The smallest absolute Gasteiger partial charge is 0.141 e. The Morgan fingerprint density at radius 2 is 1.02 bits per heavy atom. The lowest BCUT2D eigenvalue weighted by Gasteiger charge is -2.19. The van der Waals surface area contributed by atoms with Gasteiger partial charge in [0.05, 0.1) is 11.0 Å². The van der Waals surface area contributed by atoms with Crippen molar-refractivity contribution in [1.82, 2.24) is 9.13 Å². The van der Waals surface area contributed by atoms with E-state index in [-0.39, 0.29) is 0 Å². The van der Waals surface area contributed by atoms with Crippen LogP contribution in [0.2, 0.25) is 0 Å². The van der Waals surface area contributed by atoms with Gasteiger partial charge >= 0.3 is 0 Å². The third kappa shape index (κ3) is 4.78. The van der Waals surface area contributed by atoms with Gasteiger partial charge in [-0.15, -0.1) is 5.46 Å². The van der Waals surface area contributed by atoms with Crippen molar-refractivity contribution in [3.63, 3.8) is 0 Å². The number of fused-ring (bicyclic) bond motifs is 9. The predicted octanol–water partition coefficient (Wildman–Crippen LogP) is 0.923. The van der Waals surface area contributed by atoms with Crippen LogP contribution in [0, 0.1) is 0 Å². The van der Waals surface area contributed by atoms with Crippen LogP contribution in [0.5, 0.6) is 0 Å². The summed E-state index contributed by atoms with van der Waals surface area (Å²) in [4.78, 5) is 0. The van der Waals surface area contributed by atoms with Crippen molar-refractivity contribution in [2.24, 2.45) is 0 Å². The Balaban J connectivity index is 1.24. The number of aromatic nitrogens is 2. The van der Waals surface area contributed by atoms with Crippen molar-refractivity contribution >= 4 is 159 Å². The van der Waals surface area contributed by atoms with Crippen LogP contribution in [0.3, 0.4) is 0 Å². The Morgan fingerprint density at radius 1 is 0.362 bits per heavy atom. The van der Waals surface area contributed by atoms with Crippen molar-refractivity contribution in [3.8, 4) is 33.6 Å². The molecule has 0 amide bonds. The van der Waals surface area contributed by atoms with E-state index in [1.807, 2.05) is 6.07 Å². The quantitative estimate of drug-likeness (QED) is 0.247. The lowest BCUT2D eigenvalue weighted by Crippen LogP contribution is -2.48. The van der Waals surface area contributed by atoms with Gasteiger partial charge in [-0.1, -0.05) is 118 Å². The van der Waals surface area contributed by atoms with Gasteiger partial charge in [0.15, 0.2) is 0 Å². The molecule has 0 radical (unpaired) electrons. The van der Waals surface area contributed by atoms with E-state index in [4.69, 9.17) is 4.42 Å². The average molecular weight is 734 g/mol. The van der Waals surface area contributed by atoms with Crippen molar-refractivity contribution in [2.45, 2.75) is 0 Å². The normalized spacial score (nSPS) is 11.9. The molecule has 0 saturated heterocycles. The molecule has 0 bridgehead atoms. The minimum Gasteiger partial charge on any atom is -0.456 e. The predicted molar refractivity (Wildman–Crippen MR) is 271 cm³/mol. The number of benzene rings is 8. The van der Waals surface area contributed by atoms with E-state index < -0.39 is 0 Å². The van der Waals surface area contributed by atoms with Crippen LogP contribution in [0.1, 0.15) is 0 Å². The molecule has 266 valence electrons. The molecule has 3 aromatic heterocycles. The molecule has 11 rings (SSSR count). The summed E-state index contributed by atoms with van der Waals surface area (Å²) in [6.45, 7) is 0. The molecule has 0 spiro atoms. The van der Waals surface area contributed by atoms with Gasteiger partial charge in [0.1, 0.15) is 66.1 Å². The zero-order chi connectivity index (χ0) is 39.6. The average Bonchev–Trinajstić information content (AvgIpc) is 3.93. The molecule has 0 saturated carbocycles. The number of furan rings is 1. The van der Waals surface area contributed by atoms with E-state index in [2.05, 4.69) is 198 Å². The molecule has 0 atom stereocenters. The maximum absolute atomic E-state index is 6.48. The fourth-order valence-electron chi connectivity index (χ4n) is 10.2. The summed E-state index contributed by atoms with van der Waals surface area (Å²) in [5.41, 5.74) is 23.4. The van der Waals surface area contributed by atoms with Gasteiger partial charge in [-0.05, 0) is 76.2 Å². The van der Waals surface area contributed by atoms with Gasteiger partial charge in [-0.3, -0.25) is 0 Å². The van der Waals surface area contributed by atoms with Gasteiger partial charge in [0.2, 0.25) is 0 Å². The molecule has 8 aromatic carbocycles. The number of rotatable bonds is 4. The van der Waals surface area contributed by atoms with Crippen LogP contribution in [-0.2, 0) is 0 Å². The molecule has 0 aliphatic rings. The van der Waals surface area contributed by atoms with Crippen LogP contribution in [0.25, 0.3) is 99.2 Å². The monoisotopic (exact) mass is 734 g/mol. The van der Waals surface area contributed by atoms with Gasteiger partial charge in [-0.25, -0.2) is 0 Å². The molecule has 0 N–H and O–H groups in total. The molecule has 0 unspecified atom stereocenters. The van der Waals surface area contributed by atoms with Crippen LogP contribution >= 0.6 is 0 Å². The summed E-state index contributed by atoms with van der Waals surface area (Å²) >= 11 is 0. The third-order valence-electron chi connectivity index (χ3n) is 13.4. The van der Waals surface area contributed by atoms with E-state index in [0.717, 1.165) is 33.3 Å². The van der Waals surface area contributed by atoms with Crippen molar-refractivity contribution < 1.29 is 4.42 Å². The molecular formula is C48H37B7N2O. The first-order chi connectivity index (χ1) is 28.2. The van der Waals surface area contributed by atoms with E-state index in [0.29, 0.717) is 0 Å². The zero-order valence-electron chi connectivity index (χ0n) is 34.1. The number of hydrogen-bond acceptors (Lipinski definition) is 1. The highest BCUT2D eigenvalue weighted by molar-refractivity contribution is 6.69. The lowest BCUT2D eigenvalue weighted by molar-refractivity contribution is 0.668. The van der Waals surface area contributed by atoms with E-state index >= 15 is 0 Å². The largest absolute Gasteiger partial charge is 0.456 e. The molecule has 11 aromatic rings. The van der Waals surface area contributed by atoms with Gasteiger partial charge in [0.25, 0.3) is 0 Å². The first kappa shape index (κ1) is 34.8. The summed E-state index contributed by atoms with van der Waals surface area (Å²) in [6, 6.07) is 50.6. The fraction of sp³-hybridized carbons (Fsp3) is 0. The van der Waals surface area contributed by atoms with E-state index in [1.54, 1.807) is 0 Å². The molecule has 3 nitrogen and oxygen atoms in total. The second-order valence-electron chi connectivity index (χ2n) is 16.3. The summed E-state index contributed by atoms with van der Waals surface area (Å²) in [5, 5.41) is 7.50. The molecule has 0 aliphatic heterocycles. The molecule has 3 heterocycles. The van der Waals surface area contributed by atoms with Crippen LogP contribution in [0.15, 0.2) is 144 Å². The first-order valence-corrected chi connectivity index (χ1v) is 20.4. The zero-order valence-corrected chi connectivity index (χ0v) is 34.1. The summed E-state index contributed by atoms with van der Waals surface area (Å²) < 4.78 is 11.4. The van der Waals surface area contributed by atoms with Crippen molar-refractivity contribution in [1.29, 1.82) is 0 Å². The second-order valence-corrected chi connectivity index (χ2v) is 16.3. The highest BCUT2D eigenvalue weighted by Crippen LogP contribution is 2.40. The lowest BCUT2D eigenvalue weighted by atomic mass is 9.64. The summed E-state index contributed by atoms with van der Waals surface area (Å²) in [5.74, 6) is 0. The molecule has 0 fully saturated rings. The second kappa shape index (κ2) is 12.8. The molecule has 58 heavy (non-hydrogen) atoms. The maximum atomic E-state index is 6.48. The van der Waals surface area contributed by atoms with Crippen molar-refractivity contribution in [2.75, 3.05) is 0 Å². The first-order valence-electron chi connectivity index (χ1n) is 20.4. The van der Waals surface area contributed by atoms with E-state index in [1.165, 1.54) is 104 Å².